The number of benzene rings is 1. The first-order chi connectivity index (χ1) is 9.64. The summed E-state index contributed by atoms with van der Waals surface area (Å²) in [5, 5.41) is 4.74. The summed E-state index contributed by atoms with van der Waals surface area (Å²) in [6, 6.07) is 8.09. The minimum absolute atomic E-state index is 0.742. The molecule has 5 nitrogen and oxygen atoms in total. The molecule has 0 amide bonds. The molecule has 0 unspecified atom stereocenters. The molecule has 2 heterocycles. The Morgan fingerprint density at radius 2 is 1.95 bits per heavy atom. The van der Waals surface area contributed by atoms with Crippen LogP contribution in [0.2, 0.25) is 0 Å². The highest BCUT2D eigenvalue weighted by atomic mass is 32.2. The van der Waals surface area contributed by atoms with Gasteiger partial charge in [-0.15, -0.1) is 0 Å². The molecule has 0 radical (unpaired) electrons. The highest BCUT2D eigenvalue weighted by molar-refractivity contribution is 7.99. The number of fused-ring (bicyclic) bond motifs is 1. The van der Waals surface area contributed by atoms with Crippen LogP contribution in [0.1, 0.15) is 11.4 Å². The van der Waals surface area contributed by atoms with Crippen molar-refractivity contribution in [3.8, 4) is 0 Å². The maximum absolute atomic E-state index is 4.56. The topological polar surface area (TPSA) is 66.5 Å². The first kappa shape index (κ1) is 12.9. The zero-order chi connectivity index (χ0) is 14.1. The molecule has 0 saturated heterocycles. The molecule has 0 bridgehead atoms. The lowest BCUT2D eigenvalue weighted by Gasteiger charge is -2.03. The fourth-order valence-corrected chi connectivity index (χ4v) is 2.82. The number of nitrogens with zero attached hydrogens (tertiary/aromatic N) is 3. The number of hydrogen-bond donors (Lipinski definition) is 2. The molecule has 6 heteroatoms. The molecule has 3 rings (SSSR count). The second kappa shape index (κ2) is 5.13. The monoisotopic (exact) mass is 285 g/mol. The molecule has 0 aliphatic rings. The Morgan fingerprint density at radius 3 is 2.75 bits per heavy atom. The molecule has 0 spiro atoms. The molecule has 2 N–H and O–H groups in total. The molecular formula is C14H15N5S. The van der Waals surface area contributed by atoms with E-state index >= 15 is 0 Å². The van der Waals surface area contributed by atoms with Crippen LogP contribution in [0.25, 0.3) is 11.0 Å². The van der Waals surface area contributed by atoms with Crippen molar-refractivity contribution < 1.29 is 0 Å². The van der Waals surface area contributed by atoms with Crippen molar-refractivity contribution in [1.29, 1.82) is 0 Å². The lowest BCUT2D eigenvalue weighted by molar-refractivity contribution is 0.961. The van der Waals surface area contributed by atoms with Crippen LogP contribution in [-0.4, -0.2) is 27.0 Å². The maximum Gasteiger partial charge on any atom is 0.172 e. The Hall–Kier alpha value is -2.08. The van der Waals surface area contributed by atoms with Crippen molar-refractivity contribution in [1.82, 2.24) is 19.9 Å². The van der Waals surface area contributed by atoms with Crippen molar-refractivity contribution in [2.75, 3.05) is 12.4 Å². The first-order valence-electron chi connectivity index (χ1n) is 6.32. The summed E-state index contributed by atoms with van der Waals surface area (Å²) in [7, 11) is 1.85. The normalized spacial score (nSPS) is 10.9. The van der Waals surface area contributed by atoms with Crippen LogP contribution in [0.4, 0.5) is 5.82 Å². The van der Waals surface area contributed by atoms with Gasteiger partial charge < -0.3 is 10.3 Å². The van der Waals surface area contributed by atoms with E-state index in [9.17, 15) is 0 Å². The van der Waals surface area contributed by atoms with Gasteiger partial charge in [0.05, 0.1) is 11.0 Å². The average molecular weight is 285 g/mol. The summed E-state index contributed by atoms with van der Waals surface area (Å²) in [5.41, 5.74) is 3.23. The lowest BCUT2D eigenvalue weighted by Crippen LogP contribution is -1.97. The fraction of sp³-hybridized carbons (Fsp3) is 0.214. The first-order valence-corrected chi connectivity index (χ1v) is 7.13. The van der Waals surface area contributed by atoms with Crippen LogP contribution in [-0.2, 0) is 0 Å². The minimum Gasteiger partial charge on any atom is -0.373 e. The van der Waals surface area contributed by atoms with Gasteiger partial charge in [-0.25, -0.2) is 15.0 Å². The van der Waals surface area contributed by atoms with Gasteiger partial charge in [0.1, 0.15) is 16.7 Å². The van der Waals surface area contributed by atoms with Gasteiger partial charge in [-0.3, -0.25) is 0 Å². The molecule has 1 aromatic carbocycles. The van der Waals surface area contributed by atoms with E-state index in [4.69, 9.17) is 0 Å². The fourth-order valence-electron chi connectivity index (χ4n) is 1.97. The van der Waals surface area contributed by atoms with Gasteiger partial charge in [-0.1, -0.05) is 6.07 Å². The number of aromatic amines is 1. The summed E-state index contributed by atoms with van der Waals surface area (Å²) in [4.78, 5) is 16.6. The smallest absolute Gasteiger partial charge is 0.172 e. The molecule has 102 valence electrons. The molecule has 0 fully saturated rings. The van der Waals surface area contributed by atoms with Crippen molar-refractivity contribution in [2.45, 2.75) is 24.0 Å². The predicted octanol–water partition coefficient (Wildman–Crippen LogP) is 3.16. The second-order valence-corrected chi connectivity index (χ2v) is 5.56. The van der Waals surface area contributed by atoms with Crippen molar-refractivity contribution >= 4 is 28.6 Å². The third-order valence-electron chi connectivity index (χ3n) is 2.89. The number of H-pyrrole nitrogens is 1. The van der Waals surface area contributed by atoms with E-state index in [1.54, 1.807) is 0 Å². The van der Waals surface area contributed by atoms with Crippen molar-refractivity contribution in [3.05, 3.63) is 35.7 Å². The van der Waals surface area contributed by atoms with Crippen molar-refractivity contribution in [2.24, 2.45) is 0 Å². The van der Waals surface area contributed by atoms with Gasteiger partial charge in [-0.05, 0) is 43.3 Å². The highest BCUT2D eigenvalue weighted by Crippen LogP contribution is 2.27. The Kier molecular flexibility index (Phi) is 3.31. The summed E-state index contributed by atoms with van der Waals surface area (Å²) in [6.07, 6.45) is 0. The highest BCUT2D eigenvalue weighted by Gasteiger charge is 2.07. The van der Waals surface area contributed by atoms with Crippen LogP contribution >= 0.6 is 11.8 Å². The van der Waals surface area contributed by atoms with E-state index < -0.39 is 0 Å². The summed E-state index contributed by atoms with van der Waals surface area (Å²) in [5.74, 6) is 1.55. The Morgan fingerprint density at radius 1 is 1.10 bits per heavy atom. The Balaban J connectivity index is 1.94. The summed E-state index contributed by atoms with van der Waals surface area (Å²) in [6.45, 7) is 3.95. The predicted molar refractivity (Wildman–Crippen MR) is 81.3 cm³/mol. The average Bonchev–Trinajstić information content (AvgIpc) is 2.79. The summed E-state index contributed by atoms with van der Waals surface area (Å²) < 4.78 is 0. The van der Waals surface area contributed by atoms with Crippen LogP contribution in [0.15, 0.2) is 34.4 Å². The maximum atomic E-state index is 4.56. The number of anilines is 1. The zero-order valence-corrected chi connectivity index (χ0v) is 12.4. The minimum atomic E-state index is 0.742. The van der Waals surface area contributed by atoms with E-state index in [1.165, 1.54) is 17.3 Å². The van der Waals surface area contributed by atoms with Crippen LogP contribution in [0, 0.1) is 13.8 Å². The van der Waals surface area contributed by atoms with Crippen LogP contribution in [0.3, 0.4) is 0 Å². The van der Waals surface area contributed by atoms with Crippen LogP contribution in [0.5, 0.6) is 0 Å². The number of aromatic nitrogens is 4. The van der Waals surface area contributed by atoms with E-state index in [0.717, 1.165) is 32.9 Å². The second-order valence-electron chi connectivity index (χ2n) is 4.55. The third kappa shape index (κ3) is 2.60. The van der Waals surface area contributed by atoms with Gasteiger partial charge in [0.2, 0.25) is 0 Å². The van der Waals surface area contributed by atoms with Gasteiger partial charge in [0.25, 0.3) is 0 Å². The number of rotatable bonds is 3. The zero-order valence-electron chi connectivity index (χ0n) is 11.6. The van der Waals surface area contributed by atoms with E-state index in [2.05, 4.69) is 44.3 Å². The van der Waals surface area contributed by atoms with E-state index in [-0.39, 0.29) is 0 Å². The molecule has 0 aliphatic carbocycles. The number of nitrogens with one attached hydrogen (secondary N) is 2. The Labute approximate surface area is 121 Å². The SMILES string of the molecule is CNc1cc(Sc2nc3ccc(C)cc3[nH]2)nc(C)n1. The molecule has 0 saturated carbocycles. The van der Waals surface area contributed by atoms with Gasteiger partial charge >= 0.3 is 0 Å². The largest absolute Gasteiger partial charge is 0.373 e. The van der Waals surface area contributed by atoms with Crippen LogP contribution < -0.4 is 5.32 Å². The summed E-state index contributed by atoms with van der Waals surface area (Å²) >= 11 is 1.51. The number of aryl methyl sites for hydroxylation is 2. The molecule has 2 aromatic heterocycles. The molecule has 3 aromatic rings. The molecular weight excluding hydrogens is 270 g/mol. The van der Waals surface area contributed by atoms with E-state index in [0.29, 0.717) is 0 Å². The van der Waals surface area contributed by atoms with Crippen molar-refractivity contribution in [3.63, 3.8) is 0 Å². The standard InChI is InChI=1S/C14H15N5S/c1-8-4-5-10-11(6-8)19-14(18-10)20-13-7-12(15-3)16-9(2)17-13/h4-7H,1-3H3,(H,18,19)(H,15,16,17). The Bertz CT molecular complexity index is 765. The third-order valence-corrected chi connectivity index (χ3v) is 3.69. The van der Waals surface area contributed by atoms with Gasteiger partial charge in [0.15, 0.2) is 5.16 Å². The lowest BCUT2D eigenvalue weighted by atomic mass is 10.2. The molecule has 20 heavy (non-hydrogen) atoms. The van der Waals surface area contributed by atoms with Gasteiger partial charge in [0, 0.05) is 13.1 Å². The number of imidazole rings is 1. The van der Waals surface area contributed by atoms with Gasteiger partial charge in [-0.2, -0.15) is 0 Å². The molecule has 0 atom stereocenters. The quantitative estimate of drug-likeness (QED) is 0.724. The van der Waals surface area contributed by atoms with E-state index in [1.807, 2.05) is 26.1 Å². The number of hydrogen-bond acceptors (Lipinski definition) is 5. The molecule has 0 aliphatic heterocycles.